The Morgan fingerprint density at radius 2 is 1.76 bits per heavy atom. The molecule has 3 rings (SSSR count). The van der Waals surface area contributed by atoms with Crippen LogP contribution in [-0.4, -0.2) is 15.2 Å². The molecule has 0 amide bonds. The second-order valence-corrected chi connectivity index (χ2v) is 5.22. The van der Waals surface area contributed by atoms with Crippen LogP contribution in [0.1, 0.15) is 5.56 Å². The van der Waals surface area contributed by atoms with Crippen LogP contribution in [0.2, 0.25) is 5.02 Å². The maximum absolute atomic E-state index is 5.96. The van der Waals surface area contributed by atoms with Gasteiger partial charge in [-0.3, -0.25) is 0 Å². The summed E-state index contributed by atoms with van der Waals surface area (Å²) in [6.45, 7) is 2.05. The van der Waals surface area contributed by atoms with Crippen molar-refractivity contribution in [3.63, 3.8) is 0 Å². The zero-order valence-electron chi connectivity index (χ0n) is 11.4. The molecule has 0 atom stereocenters. The van der Waals surface area contributed by atoms with E-state index in [4.69, 9.17) is 17.3 Å². The number of aromatic nitrogens is 3. The first-order chi connectivity index (χ1) is 10.1. The van der Waals surface area contributed by atoms with E-state index in [0.717, 1.165) is 16.7 Å². The lowest BCUT2D eigenvalue weighted by Gasteiger charge is -2.08. The minimum atomic E-state index is 0.405. The van der Waals surface area contributed by atoms with Crippen molar-refractivity contribution in [1.29, 1.82) is 0 Å². The fraction of sp³-hybridized carbons (Fsp3) is 0.0625. The number of aryl methyl sites for hydroxylation is 1. The fourth-order valence-electron chi connectivity index (χ4n) is 2.06. The summed E-state index contributed by atoms with van der Waals surface area (Å²) in [5, 5.41) is 8.43. The van der Waals surface area contributed by atoms with Gasteiger partial charge >= 0.3 is 0 Å². The van der Waals surface area contributed by atoms with E-state index in [1.165, 1.54) is 11.8 Å². The number of anilines is 1. The molecular formula is C16H13ClN4. The van der Waals surface area contributed by atoms with E-state index in [2.05, 4.69) is 46.4 Å². The molecule has 2 aromatic heterocycles. The third kappa shape index (κ3) is 2.85. The van der Waals surface area contributed by atoms with Crippen molar-refractivity contribution in [2.45, 2.75) is 6.92 Å². The minimum absolute atomic E-state index is 0.405. The number of nitrogens with zero attached hydrogens (tertiary/aromatic N) is 3. The van der Waals surface area contributed by atoms with E-state index in [1.54, 1.807) is 12.3 Å². The molecule has 0 aliphatic carbocycles. The van der Waals surface area contributed by atoms with Gasteiger partial charge in [-0.1, -0.05) is 41.4 Å². The number of hydrogen-bond acceptors (Lipinski definition) is 4. The predicted octanol–water partition coefficient (Wildman–Crippen LogP) is 3.75. The number of nitrogens with two attached hydrogens (primary N) is 1. The van der Waals surface area contributed by atoms with Crippen molar-refractivity contribution in [3.05, 3.63) is 59.4 Å². The van der Waals surface area contributed by atoms with Gasteiger partial charge in [-0.15, -0.1) is 0 Å². The van der Waals surface area contributed by atoms with Gasteiger partial charge in [0.1, 0.15) is 5.82 Å². The summed E-state index contributed by atoms with van der Waals surface area (Å²) < 4.78 is 0. The summed E-state index contributed by atoms with van der Waals surface area (Å²) in [7, 11) is 0. The third-order valence-corrected chi connectivity index (χ3v) is 3.41. The van der Waals surface area contributed by atoms with Crippen LogP contribution in [0.4, 0.5) is 5.82 Å². The van der Waals surface area contributed by atoms with Crippen LogP contribution in [0.5, 0.6) is 0 Å². The van der Waals surface area contributed by atoms with E-state index in [1.807, 2.05) is 6.07 Å². The van der Waals surface area contributed by atoms with E-state index in [0.29, 0.717) is 16.5 Å². The molecule has 0 spiro atoms. The van der Waals surface area contributed by atoms with Gasteiger partial charge in [0.05, 0.1) is 16.9 Å². The van der Waals surface area contributed by atoms with Gasteiger partial charge in [0.15, 0.2) is 0 Å². The lowest BCUT2D eigenvalue weighted by atomic mass is 10.0. The van der Waals surface area contributed by atoms with Crippen LogP contribution in [0.15, 0.2) is 48.8 Å². The molecule has 0 radical (unpaired) electrons. The Morgan fingerprint density at radius 3 is 2.48 bits per heavy atom. The van der Waals surface area contributed by atoms with Crippen molar-refractivity contribution in [1.82, 2.24) is 15.2 Å². The molecule has 104 valence electrons. The Morgan fingerprint density at radius 1 is 1.00 bits per heavy atom. The van der Waals surface area contributed by atoms with Crippen molar-refractivity contribution in [3.8, 4) is 22.4 Å². The topological polar surface area (TPSA) is 64.7 Å². The zero-order chi connectivity index (χ0) is 14.8. The normalized spacial score (nSPS) is 10.6. The molecule has 3 aromatic rings. The highest BCUT2D eigenvalue weighted by atomic mass is 35.5. The summed E-state index contributed by atoms with van der Waals surface area (Å²) in [4.78, 5) is 4.25. The lowest BCUT2D eigenvalue weighted by molar-refractivity contribution is 1.04. The van der Waals surface area contributed by atoms with Crippen LogP contribution >= 0.6 is 11.6 Å². The average Bonchev–Trinajstić information content (AvgIpc) is 2.49. The first-order valence-corrected chi connectivity index (χ1v) is 6.82. The van der Waals surface area contributed by atoms with Gasteiger partial charge in [0.25, 0.3) is 0 Å². The molecule has 21 heavy (non-hydrogen) atoms. The SMILES string of the molecule is Cc1ccc(-c2cnc(N)c(-c3cc(Cl)cnn3)c2)cc1. The molecule has 0 unspecified atom stereocenters. The van der Waals surface area contributed by atoms with Gasteiger partial charge in [0.2, 0.25) is 0 Å². The maximum atomic E-state index is 5.96. The molecule has 2 heterocycles. The first-order valence-electron chi connectivity index (χ1n) is 6.44. The van der Waals surface area contributed by atoms with Crippen molar-refractivity contribution in [2.75, 3.05) is 5.73 Å². The second-order valence-electron chi connectivity index (χ2n) is 4.78. The lowest BCUT2D eigenvalue weighted by Crippen LogP contribution is -1.97. The number of nitrogen functional groups attached to an aromatic ring is 1. The molecule has 4 nitrogen and oxygen atoms in total. The van der Waals surface area contributed by atoms with Crippen LogP contribution in [0, 0.1) is 6.92 Å². The van der Waals surface area contributed by atoms with Crippen molar-refractivity contribution >= 4 is 17.4 Å². The first kappa shape index (κ1) is 13.5. The maximum Gasteiger partial charge on any atom is 0.132 e. The highest BCUT2D eigenvalue weighted by molar-refractivity contribution is 6.30. The highest BCUT2D eigenvalue weighted by Crippen LogP contribution is 2.29. The number of pyridine rings is 1. The summed E-state index contributed by atoms with van der Waals surface area (Å²) in [5.41, 5.74) is 10.5. The van der Waals surface area contributed by atoms with Crippen LogP contribution in [0.3, 0.4) is 0 Å². The molecule has 0 aliphatic heterocycles. The van der Waals surface area contributed by atoms with Crippen molar-refractivity contribution in [2.24, 2.45) is 0 Å². The number of rotatable bonds is 2. The Bertz CT molecular complexity index is 785. The van der Waals surface area contributed by atoms with Gasteiger partial charge in [-0.2, -0.15) is 10.2 Å². The molecule has 0 fully saturated rings. The fourth-order valence-corrected chi connectivity index (χ4v) is 2.21. The number of halogens is 1. The monoisotopic (exact) mass is 296 g/mol. The van der Waals surface area contributed by atoms with Crippen LogP contribution in [0.25, 0.3) is 22.4 Å². The predicted molar refractivity (Wildman–Crippen MR) is 84.9 cm³/mol. The van der Waals surface area contributed by atoms with Gasteiger partial charge in [-0.05, 0) is 24.6 Å². The molecule has 2 N–H and O–H groups in total. The minimum Gasteiger partial charge on any atom is -0.383 e. The second kappa shape index (κ2) is 5.50. The molecular weight excluding hydrogens is 284 g/mol. The highest BCUT2D eigenvalue weighted by Gasteiger charge is 2.09. The third-order valence-electron chi connectivity index (χ3n) is 3.20. The number of hydrogen-bond donors (Lipinski definition) is 1. The molecule has 0 bridgehead atoms. The molecule has 0 aliphatic rings. The van der Waals surface area contributed by atoms with E-state index in [9.17, 15) is 0 Å². The van der Waals surface area contributed by atoms with E-state index in [-0.39, 0.29) is 0 Å². The molecule has 5 heteroatoms. The standard InChI is InChI=1S/C16H13ClN4/c1-10-2-4-11(5-3-10)12-6-14(16(18)19-8-12)15-7-13(17)9-20-21-15/h2-9H,1H3,(H2,18,19). The Balaban J connectivity index is 2.10. The summed E-state index contributed by atoms with van der Waals surface area (Å²) in [6.07, 6.45) is 3.24. The van der Waals surface area contributed by atoms with Crippen LogP contribution in [-0.2, 0) is 0 Å². The van der Waals surface area contributed by atoms with Gasteiger partial charge < -0.3 is 5.73 Å². The number of benzene rings is 1. The van der Waals surface area contributed by atoms with Crippen molar-refractivity contribution < 1.29 is 0 Å². The Labute approximate surface area is 127 Å². The Kier molecular flexibility index (Phi) is 3.54. The summed E-state index contributed by atoms with van der Waals surface area (Å²) >= 11 is 5.96. The summed E-state index contributed by atoms with van der Waals surface area (Å²) in [5.74, 6) is 0.405. The largest absolute Gasteiger partial charge is 0.383 e. The molecule has 0 saturated carbocycles. The smallest absolute Gasteiger partial charge is 0.132 e. The molecule has 0 saturated heterocycles. The van der Waals surface area contributed by atoms with Gasteiger partial charge in [-0.25, -0.2) is 4.98 Å². The molecule has 1 aromatic carbocycles. The average molecular weight is 297 g/mol. The zero-order valence-corrected chi connectivity index (χ0v) is 12.2. The van der Waals surface area contributed by atoms with Crippen LogP contribution < -0.4 is 5.73 Å². The van der Waals surface area contributed by atoms with E-state index < -0.39 is 0 Å². The quantitative estimate of drug-likeness (QED) is 0.782. The summed E-state index contributed by atoms with van der Waals surface area (Å²) in [6, 6.07) is 11.9. The Hall–Kier alpha value is -2.46. The van der Waals surface area contributed by atoms with E-state index >= 15 is 0 Å². The van der Waals surface area contributed by atoms with Gasteiger partial charge in [0, 0.05) is 17.3 Å².